The van der Waals surface area contributed by atoms with E-state index in [-0.39, 0.29) is 36.8 Å². The van der Waals surface area contributed by atoms with Gasteiger partial charge in [-0.1, -0.05) is 25.3 Å². The number of hydrogen-bond acceptors (Lipinski definition) is 9. The summed E-state index contributed by atoms with van der Waals surface area (Å²) in [5, 5.41) is 3.77. The smallest absolute Gasteiger partial charge is 0.453 e. The van der Waals surface area contributed by atoms with Crippen LogP contribution in [0.2, 0.25) is 0 Å². The van der Waals surface area contributed by atoms with Crippen molar-refractivity contribution >= 4 is 40.5 Å². The third-order valence-corrected chi connectivity index (χ3v) is 5.35. The average molecular weight is 590 g/mol. The van der Waals surface area contributed by atoms with E-state index in [1.54, 1.807) is 14.1 Å². The molecule has 0 aliphatic rings. The minimum Gasteiger partial charge on any atom is -0.453 e. The van der Waals surface area contributed by atoms with E-state index in [1.807, 2.05) is 0 Å². The van der Waals surface area contributed by atoms with E-state index in [9.17, 15) is 23.6 Å². The third kappa shape index (κ3) is 7.54. The Labute approximate surface area is 237 Å². The van der Waals surface area contributed by atoms with Crippen LogP contribution in [0.3, 0.4) is 0 Å². The second kappa shape index (κ2) is 14.0. The van der Waals surface area contributed by atoms with Crippen molar-refractivity contribution in [3.05, 3.63) is 82.8 Å². The van der Waals surface area contributed by atoms with Crippen molar-refractivity contribution in [1.82, 2.24) is 4.90 Å². The number of nitrogens with one attached hydrogen (secondary N) is 2. The molecule has 1 heterocycles. The minimum absolute atomic E-state index is 0.0516. The first-order valence-corrected chi connectivity index (χ1v) is 12.1. The summed E-state index contributed by atoms with van der Waals surface area (Å²) in [5.74, 6) is -4.82. The highest BCUT2D eigenvalue weighted by atomic mass is 19.1. The summed E-state index contributed by atoms with van der Waals surface area (Å²) < 4.78 is 65.7. The van der Waals surface area contributed by atoms with Crippen molar-refractivity contribution in [2.24, 2.45) is 0 Å². The number of benzene rings is 2. The van der Waals surface area contributed by atoms with Gasteiger partial charge < -0.3 is 28.8 Å². The molecule has 14 heteroatoms. The van der Waals surface area contributed by atoms with Crippen molar-refractivity contribution < 1.29 is 46.2 Å². The summed E-state index contributed by atoms with van der Waals surface area (Å²) in [6.45, 7) is 5.19. The Bertz CT molecular complexity index is 1600. The second-order valence-electron chi connectivity index (χ2n) is 8.79. The predicted octanol–water partition coefficient (Wildman–Crippen LogP) is 4.95. The van der Waals surface area contributed by atoms with Crippen molar-refractivity contribution in [2.75, 3.05) is 44.5 Å². The quantitative estimate of drug-likeness (QED) is 0.235. The van der Waals surface area contributed by atoms with Gasteiger partial charge in [0.1, 0.15) is 31.4 Å². The zero-order valence-corrected chi connectivity index (χ0v) is 22.6. The molecule has 11 nitrogen and oxygen atoms in total. The summed E-state index contributed by atoms with van der Waals surface area (Å²) in [6.07, 6.45) is 0.346. The largest absolute Gasteiger partial charge is 0.508 e. The molecule has 3 rings (SSSR count). The van der Waals surface area contributed by atoms with Crippen LogP contribution in [0.15, 0.2) is 58.8 Å². The number of carbonyl (C=O) groups excluding carboxylic acids is 3. The molecule has 2 amide bonds. The Morgan fingerprint density at radius 3 is 2.31 bits per heavy atom. The fraction of sp³-hybridized carbons (Fsp3) is 0.214. The molecule has 0 saturated heterocycles. The molecule has 2 aromatic carbocycles. The molecule has 3 aromatic rings. The van der Waals surface area contributed by atoms with Gasteiger partial charge in [0.15, 0.2) is 22.6 Å². The van der Waals surface area contributed by atoms with E-state index < -0.39 is 69.9 Å². The number of halogens is 3. The first-order chi connectivity index (χ1) is 20.0. The van der Waals surface area contributed by atoms with E-state index >= 15 is 8.78 Å². The van der Waals surface area contributed by atoms with Gasteiger partial charge in [-0.15, -0.1) is 0 Å². The van der Waals surface area contributed by atoms with Crippen molar-refractivity contribution in [3.8, 4) is 11.3 Å². The maximum Gasteiger partial charge on any atom is 0.508 e. The molecular weight excluding hydrogens is 563 g/mol. The number of amides is 2. The lowest BCUT2D eigenvalue weighted by atomic mass is 10.1. The van der Waals surface area contributed by atoms with E-state index in [0.29, 0.717) is 0 Å². The zero-order valence-electron chi connectivity index (χ0n) is 22.6. The molecule has 0 radical (unpaired) electrons. The van der Waals surface area contributed by atoms with E-state index in [2.05, 4.69) is 28.5 Å². The molecule has 1 aromatic heterocycles. The molecule has 222 valence electrons. The standard InChI is InChI=1S/C28H26F3N3O8/c1-5-9-39-27(37)32-18-8-7-15(11-17(18)29)20-12-19(35)22-25(33-21(36)13-34(3)4)23(30)16(24(31)26(22)42-20)14-41-28(38)40-10-6-2/h5-8,11-12H,1-2,9-10,13-14H2,3-4H3,(H,32,37)(H,33,36). The van der Waals surface area contributed by atoms with E-state index in [1.165, 1.54) is 23.1 Å². The molecule has 0 unspecified atom stereocenters. The number of fused-ring (bicyclic) bond motifs is 1. The van der Waals surface area contributed by atoms with Gasteiger partial charge in [-0.05, 0) is 32.3 Å². The molecular formula is C28H26F3N3O8. The lowest BCUT2D eigenvalue weighted by Crippen LogP contribution is -2.28. The Kier molecular flexibility index (Phi) is 10.5. The summed E-state index contributed by atoms with van der Waals surface area (Å²) in [6, 6.07) is 4.16. The number of rotatable bonds is 11. The first-order valence-electron chi connectivity index (χ1n) is 12.1. The summed E-state index contributed by atoms with van der Waals surface area (Å²) in [4.78, 5) is 50.6. The Morgan fingerprint density at radius 2 is 1.67 bits per heavy atom. The first kappa shape index (κ1) is 31.4. The van der Waals surface area contributed by atoms with Crippen LogP contribution in [0.25, 0.3) is 22.3 Å². The zero-order chi connectivity index (χ0) is 31.0. The molecule has 0 bridgehead atoms. The maximum atomic E-state index is 15.6. The highest BCUT2D eigenvalue weighted by Gasteiger charge is 2.27. The minimum atomic E-state index is -1.41. The number of anilines is 2. The van der Waals surface area contributed by atoms with Crippen molar-refractivity contribution in [1.29, 1.82) is 0 Å². The van der Waals surface area contributed by atoms with Gasteiger partial charge in [0.2, 0.25) is 5.91 Å². The highest BCUT2D eigenvalue weighted by Crippen LogP contribution is 2.34. The fourth-order valence-electron chi connectivity index (χ4n) is 3.58. The van der Waals surface area contributed by atoms with Gasteiger partial charge in [-0.3, -0.25) is 14.9 Å². The van der Waals surface area contributed by atoms with Gasteiger partial charge >= 0.3 is 12.2 Å². The highest BCUT2D eigenvalue weighted by molar-refractivity contribution is 6.02. The number of carbonyl (C=O) groups is 3. The number of nitrogens with zero attached hydrogens (tertiary/aromatic N) is 1. The van der Waals surface area contributed by atoms with E-state index in [4.69, 9.17) is 13.9 Å². The van der Waals surface area contributed by atoms with E-state index in [0.717, 1.165) is 18.2 Å². The van der Waals surface area contributed by atoms with Crippen LogP contribution in [0.4, 0.5) is 34.1 Å². The lowest BCUT2D eigenvalue weighted by molar-refractivity contribution is -0.116. The third-order valence-electron chi connectivity index (χ3n) is 5.35. The molecule has 42 heavy (non-hydrogen) atoms. The second-order valence-corrected chi connectivity index (χ2v) is 8.79. The van der Waals surface area contributed by atoms with Crippen molar-refractivity contribution in [3.63, 3.8) is 0 Å². The summed E-state index contributed by atoms with van der Waals surface area (Å²) >= 11 is 0. The van der Waals surface area contributed by atoms with Gasteiger partial charge in [0, 0.05) is 11.6 Å². The van der Waals surface area contributed by atoms with Crippen molar-refractivity contribution in [2.45, 2.75) is 6.61 Å². The van der Waals surface area contributed by atoms with Gasteiger partial charge in [0.25, 0.3) is 0 Å². The number of hydrogen-bond donors (Lipinski definition) is 2. The van der Waals surface area contributed by atoms with Crippen LogP contribution in [0.1, 0.15) is 5.56 Å². The number of likely N-dealkylation sites (N-methyl/N-ethyl adjacent to an activating group) is 1. The van der Waals surface area contributed by atoms with Crippen LogP contribution >= 0.6 is 0 Å². The maximum absolute atomic E-state index is 15.6. The molecule has 0 spiro atoms. The Hall–Kier alpha value is -5.11. The van der Waals surface area contributed by atoms with Crippen LogP contribution in [0.5, 0.6) is 0 Å². The van der Waals surface area contributed by atoms with Gasteiger partial charge in [-0.2, -0.15) is 0 Å². The van der Waals surface area contributed by atoms with Gasteiger partial charge in [0.05, 0.1) is 28.9 Å². The molecule has 0 aliphatic heterocycles. The monoisotopic (exact) mass is 589 g/mol. The summed E-state index contributed by atoms with van der Waals surface area (Å²) in [7, 11) is 3.13. The molecule has 0 saturated carbocycles. The van der Waals surface area contributed by atoms with Gasteiger partial charge in [-0.25, -0.2) is 22.8 Å². The van der Waals surface area contributed by atoms with Crippen LogP contribution in [-0.2, 0) is 25.6 Å². The van der Waals surface area contributed by atoms with Crippen LogP contribution in [-0.4, -0.2) is 56.9 Å². The van der Waals surface area contributed by atoms with Crippen LogP contribution in [0, 0.1) is 17.5 Å². The predicted molar refractivity (Wildman–Crippen MR) is 146 cm³/mol. The average Bonchev–Trinajstić information content (AvgIpc) is 2.93. The SMILES string of the molecule is C=CCOC(=O)Nc1ccc(-c2cc(=O)c3c(NC(=O)CN(C)C)c(F)c(COC(=O)OCC=C)c(F)c3o2)cc1F. The lowest BCUT2D eigenvalue weighted by Gasteiger charge is -2.16. The topological polar surface area (TPSA) is 136 Å². The summed E-state index contributed by atoms with van der Waals surface area (Å²) in [5.41, 5.74) is -3.66. The molecule has 0 fully saturated rings. The molecule has 0 aliphatic carbocycles. The fourth-order valence-corrected chi connectivity index (χ4v) is 3.58. The molecule has 0 atom stereocenters. The molecule has 2 N–H and O–H groups in total. The Morgan fingerprint density at radius 1 is 0.976 bits per heavy atom. The number of ether oxygens (including phenoxy) is 3. The van der Waals surface area contributed by atoms with Crippen LogP contribution < -0.4 is 16.1 Å². The normalized spacial score (nSPS) is 10.7. The Balaban J connectivity index is 2.12.